The SMILES string of the molecule is CCCCC(CC)C(NN)c1cc2cc(Cl)ccc2o1. The van der Waals surface area contributed by atoms with Crippen LogP contribution in [0.3, 0.4) is 0 Å². The molecule has 0 bridgehead atoms. The number of unbranched alkanes of at least 4 members (excludes halogenated alkanes) is 1. The molecule has 2 rings (SSSR count). The Hall–Kier alpha value is -1.03. The van der Waals surface area contributed by atoms with Crippen molar-refractivity contribution in [1.29, 1.82) is 0 Å². The Bertz CT molecular complexity index is 552. The van der Waals surface area contributed by atoms with Gasteiger partial charge in [-0.3, -0.25) is 5.84 Å². The van der Waals surface area contributed by atoms with Gasteiger partial charge < -0.3 is 4.42 Å². The molecule has 0 saturated heterocycles. The molecule has 2 atom stereocenters. The number of nitrogens with one attached hydrogen (secondary N) is 1. The van der Waals surface area contributed by atoms with Crippen LogP contribution in [0.5, 0.6) is 0 Å². The molecule has 110 valence electrons. The van der Waals surface area contributed by atoms with E-state index < -0.39 is 0 Å². The number of hydrazine groups is 1. The molecule has 0 aliphatic carbocycles. The summed E-state index contributed by atoms with van der Waals surface area (Å²) in [4.78, 5) is 0. The first-order valence-electron chi connectivity index (χ1n) is 7.34. The van der Waals surface area contributed by atoms with Crippen LogP contribution in [0, 0.1) is 5.92 Å². The van der Waals surface area contributed by atoms with Crippen LogP contribution in [0.2, 0.25) is 5.02 Å². The summed E-state index contributed by atoms with van der Waals surface area (Å²) in [5.41, 5.74) is 3.78. The van der Waals surface area contributed by atoms with Crippen LogP contribution in [0.4, 0.5) is 0 Å². The normalized spacial score (nSPS) is 14.6. The van der Waals surface area contributed by atoms with E-state index in [1.54, 1.807) is 0 Å². The lowest BCUT2D eigenvalue weighted by Gasteiger charge is -2.23. The summed E-state index contributed by atoms with van der Waals surface area (Å²) in [6.07, 6.45) is 4.64. The van der Waals surface area contributed by atoms with Gasteiger partial charge >= 0.3 is 0 Å². The van der Waals surface area contributed by atoms with E-state index in [9.17, 15) is 0 Å². The molecule has 20 heavy (non-hydrogen) atoms. The maximum absolute atomic E-state index is 6.02. The fourth-order valence-electron chi connectivity index (χ4n) is 2.71. The van der Waals surface area contributed by atoms with Crippen molar-refractivity contribution < 1.29 is 4.42 Å². The molecule has 1 heterocycles. The maximum atomic E-state index is 6.02. The van der Waals surface area contributed by atoms with Crippen molar-refractivity contribution in [3.63, 3.8) is 0 Å². The van der Waals surface area contributed by atoms with Gasteiger partial charge in [-0.05, 0) is 36.6 Å². The van der Waals surface area contributed by atoms with Gasteiger partial charge in [-0.15, -0.1) is 0 Å². The Balaban J connectivity index is 2.27. The van der Waals surface area contributed by atoms with Crippen molar-refractivity contribution in [3.8, 4) is 0 Å². The Morgan fingerprint density at radius 3 is 2.75 bits per heavy atom. The van der Waals surface area contributed by atoms with Crippen molar-refractivity contribution in [1.82, 2.24) is 5.43 Å². The lowest BCUT2D eigenvalue weighted by Crippen LogP contribution is -2.33. The number of nitrogens with two attached hydrogens (primary N) is 1. The number of hydrogen-bond donors (Lipinski definition) is 2. The van der Waals surface area contributed by atoms with E-state index >= 15 is 0 Å². The molecule has 0 saturated carbocycles. The zero-order chi connectivity index (χ0) is 14.5. The summed E-state index contributed by atoms with van der Waals surface area (Å²) in [6, 6.07) is 7.76. The summed E-state index contributed by atoms with van der Waals surface area (Å²) in [6.45, 7) is 4.41. The number of benzene rings is 1. The molecule has 2 aromatic rings. The fraction of sp³-hybridized carbons (Fsp3) is 0.500. The van der Waals surface area contributed by atoms with E-state index in [0.29, 0.717) is 5.92 Å². The van der Waals surface area contributed by atoms with Crippen LogP contribution in [-0.4, -0.2) is 0 Å². The highest BCUT2D eigenvalue weighted by atomic mass is 35.5. The minimum atomic E-state index is 0.0534. The first-order valence-corrected chi connectivity index (χ1v) is 7.72. The first kappa shape index (κ1) is 15.4. The average molecular weight is 295 g/mol. The van der Waals surface area contributed by atoms with Crippen molar-refractivity contribution >= 4 is 22.6 Å². The molecule has 3 N–H and O–H groups in total. The van der Waals surface area contributed by atoms with E-state index in [2.05, 4.69) is 19.3 Å². The number of fused-ring (bicyclic) bond motifs is 1. The molecule has 0 aliphatic rings. The van der Waals surface area contributed by atoms with Gasteiger partial charge in [0.15, 0.2) is 0 Å². The monoisotopic (exact) mass is 294 g/mol. The van der Waals surface area contributed by atoms with Crippen LogP contribution < -0.4 is 11.3 Å². The maximum Gasteiger partial charge on any atom is 0.134 e. The number of halogens is 1. The predicted octanol–water partition coefficient (Wildman–Crippen LogP) is 4.81. The van der Waals surface area contributed by atoms with Crippen LogP contribution in [0.1, 0.15) is 51.3 Å². The molecular weight excluding hydrogens is 272 g/mol. The van der Waals surface area contributed by atoms with Crippen LogP contribution >= 0.6 is 11.6 Å². The van der Waals surface area contributed by atoms with Gasteiger partial charge in [0.2, 0.25) is 0 Å². The Morgan fingerprint density at radius 1 is 1.30 bits per heavy atom. The van der Waals surface area contributed by atoms with Gasteiger partial charge in [0.1, 0.15) is 11.3 Å². The molecule has 4 heteroatoms. The second kappa shape index (κ2) is 7.11. The standard InChI is InChI=1S/C16H23ClN2O/c1-3-5-6-11(4-2)16(19-18)15-10-12-9-13(17)7-8-14(12)20-15/h7-11,16,19H,3-6,18H2,1-2H3. The molecule has 1 aromatic carbocycles. The lowest BCUT2D eigenvalue weighted by molar-refractivity contribution is 0.290. The topological polar surface area (TPSA) is 51.2 Å². The highest BCUT2D eigenvalue weighted by molar-refractivity contribution is 6.31. The summed E-state index contributed by atoms with van der Waals surface area (Å²) < 4.78 is 5.94. The molecule has 1 aromatic heterocycles. The van der Waals surface area contributed by atoms with Crippen molar-refractivity contribution in [2.75, 3.05) is 0 Å². The smallest absolute Gasteiger partial charge is 0.134 e. The molecule has 0 fully saturated rings. The summed E-state index contributed by atoms with van der Waals surface area (Å²) in [5.74, 6) is 7.15. The number of rotatable bonds is 7. The van der Waals surface area contributed by atoms with Gasteiger partial charge in [-0.2, -0.15) is 0 Å². The fourth-order valence-corrected chi connectivity index (χ4v) is 2.89. The average Bonchev–Trinajstić information content (AvgIpc) is 2.85. The summed E-state index contributed by atoms with van der Waals surface area (Å²) in [5, 5.41) is 1.75. The molecular formula is C16H23ClN2O. The van der Waals surface area contributed by atoms with Crippen LogP contribution in [-0.2, 0) is 0 Å². The van der Waals surface area contributed by atoms with E-state index in [-0.39, 0.29) is 6.04 Å². The molecule has 0 spiro atoms. The first-order chi connectivity index (χ1) is 9.69. The zero-order valence-electron chi connectivity index (χ0n) is 12.2. The number of furan rings is 1. The van der Waals surface area contributed by atoms with E-state index in [1.807, 2.05) is 24.3 Å². The Morgan fingerprint density at radius 2 is 2.10 bits per heavy atom. The van der Waals surface area contributed by atoms with Gasteiger partial charge in [-0.1, -0.05) is 44.7 Å². The van der Waals surface area contributed by atoms with E-state index in [4.69, 9.17) is 21.9 Å². The molecule has 0 aliphatic heterocycles. The van der Waals surface area contributed by atoms with Gasteiger partial charge in [0, 0.05) is 10.4 Å². The molecule has 3 nitrogen and oxygen atoms in total. The second-order valence-electron chi connectivity index (χ2n) is 5.29. The third-order valence-corrected chi connectivity index (χ3v) is 4.14. The quantitative estimate of drug-likeness (QED) is 0.569. The van der Waals surface area contributed by atoms with Crippen LogP contribution in [0.25, 0.3) is 11.0 Å². The van der Waals surface area contributed by atoms with Crippen molar-refractivity contribution in [2.45, 2.75) is 45.6 Å². The minimum absolute atomic E-state index is 0.0534. The van der Waals surface area contributed by atoms with Crippen molar-refractivity contribution in [3.05, 3.63) is 35.0 Å². The third-order valence-electron chi connectivity index (χ3n) is 3.91. The molecule has 0 amide bonds. The van der Waals surface area contributed by atoms with Crippen molar-refractivity contribution in [2.24, 2.45) is 11.8 Å². The second-order valence-corrected chi connectivity index (χ2v) is 5.72. The third kappa shape index (κ3) is 3.35. The molecule has 2 unspecified atom stereocenters. The van der Waals surface area contributed by atoms with Crippen LogP contribution in [0.15, 0.2) is 28.7 Å². The predicted molar refractivity (Wildman–Crippen MR) is 84.6 cm³/mol. The van der Waals surface area contributed by atoms with E-state index in [1.165, 1.54) is 12.8 Å². The zero-order valence-corrected chi connectivity index (χ0v) is 12.9. The largest absolute Gasteiger partial charge is 0.459 e. The summed E-state index contributed by atoms with van der Waals surface area (Å²) in [7, 11) is 0. The van der Waals surface area contributed by atoms with Gasteiger partial charge in [0.25, 0.3) is 0 Å². The summed E-state index contributed by atoms with van der Waals surface area (Å²) >= 11 is 6.02. The highest BCUT2D eigenvalue weighted by Crippen LogP contribution is 2.33. The lowest BCUT2D eigenvalue weighted by atomic mass is 9.90. The Kier molecular flexibility index (Phi) is 5.46. The van der Waals surface area contributed by atoms with Gasteiger partial charge in [0.05, 0.1) is 6.04 Å². The minimum Gasteiger partial charge on any atom is -0.459 e. The number of hydrogen-bond acceptors (Lipinski definition) is 3. The Labute approximate surface area is 125 Å². The highest BCUT2D eigenvalue weighted by Gasteiger charge is 2.23. The van der Waals surface area contributed by atoms with E-state index in [0.717, 1.165) is 34.6 Å². The molecule has 0 radical (unpaired) electrons. The van der Waals surface area contributed by atoms with Gasteiger partial charge in [-0.25, -0.2) is 5.43 Å².